The van der Waals surface area contributed by atoms with Gasteiger partial charge in [-0.25, -0.2) is 4.39 Å². The van der Waals surface area contributed by atoms with Crippen LogP contribution in [0.15, 0.2) is 72.9 Å². The van der Waals surface area contributed by atoms with Gasteiger partial charge in [0.1, 0.15) is 18.1 Å². The fourth-order valence-electron chi connectivity index (χ4n) is 4.00. The summed E-state index contributed by atoms with van der Waals surface area (Å²) in [4.78, 5) is 41.4. The summed E-state index contributed by atoms with van der Waals surface area (Å²) in [5.74, 6) is -0.894. The van der Waals surface area contributed by atoms with Gasteiger partial charge in [-0.3, -0.25) is 14.4 Å². The van der Waals surface area contributed by atoms with Gasteiger partial charge in [0.25, 0.3) is 11.8 Å². The quantitative estimate of drug-likeness (QED) is 0.587. The zero-order chi connectivity index (χ0) is 23.9. The molecule has 1 aliphatic heterocycles. The summed E-state index contributed by atoms with van der Waals surface area (Å²) in [5, 5.41) is 2.90. The van der Waals surface area contributed by atoms with Crippen molar-refractivity contribution in [3.63, 3.8) is 0 Å². The summed E-state index contributed by atoms with van der Waals surface area (Å²) in [7, 11) is 0. The first-order valence-electron chi connectivity index (χ1n) is 11.3. The third kappa shape index (κ3) is 5.70. The molecule has 1 N–H and O–H groups in total. The normalized spacial score (nSPS) is 13.6. The van der Waals surface area contributed by atoms with Crippen LogP contribution in [0, 0.1) is 5.82 Å². The highest BCUT2D eigenvalue weighted by Gasteiger charge is 2.27. The second kappa shape index (κ2) is 10.8. The molecular weight excluding hydrogens is 435 g/mol. The molecule has 1 saturated heterocycles. The maximum Gasteiger partial charge on any atom is 0.270 e. The average Bonchev–Trinajstić information content (AvgIpc) is 3.32. The highest BCUT2D eigenvalue weighted by Crippen LogP contribution is 2.13. The van der Waals surface area contributed by atoms with Crippen LogP contribution in [0.1, 0.15) is 26.4 Å². The number of rotatable bonds is 7. The van der Waals surface area contributed by atoms with Crippen molar-refractivity contribution >= 4 is 17.7 Å². The minimum atomic E-state index is -0.389. The van der Waals surface area contributed by atoms with Crippen molar-refractivity contribution in [1.82, 2.24) is 19.7 Å². The zero-order valence-electron chi connectivity index (χ0n) is 18.8. The number of nitrogens with one attached hydrogen (secondary N) is 1. The molecule has 1 fully saturated rings. The maximum absolute atomic E-state index is 13.1. The second-order valence-electron chi connectivity index (χ2n) is 8.20. The summed E-state index contributed by atoms with van der Waals surface area (Å²) >= 11 is 0. The average molecular weight is 463 g/mol. The molecule has 0 saturated carbocycles. The number of halogens is 1. The van der Waals surface area contributed by atoms with Crippen LogP contribution in [-0.4, -0.2) is 64.8 Å². The Morgan fingerprint density at radius 1 is 0.794 bits per heavy atom. The summed E-state index contributed by atoms with van der Waals surface area (Å²) in [5.41, 5.74) is 2.02. The Morgan fingerprint density at radius 2 is 1.44 bits per heavy atom. The van der Waals surface area contributed by atoms with Gasteiger partial charge in [-0.2, -0.15) is 0 Å². The van der Waals surface area contributed by atoms with Crippen molar-refractivity contribution < 1.29 is 18.8 Å². The van der Waals surface area contributed by atoms with Gasteiger partial charge in [0.05, 0.1) is 0 Å². The van der Waals surface area contributed by atoms with Crippen molar-refractivity contribution in [1.29, 1.82) is 0 Å². The van der Waals surface area contributed by atoms with E-state index in [1.54, 1.807) is 32.7 Å². The second-order valence-corrected chi connectivity index (χ2v) is 8.20. The van der Waals surface area contributed by atoms with Crippen molar-refractivity contribution in [3.8, 4) is 0 Å². The smallest absolute Gasteiger partial charge is 0.270 e. The molecule has 7 nitrogen and oxygen atoms in total. The van der Waals surface area contributed by atoms with E-state index >= 15 is 0 Å². The SMILES string of the molecule is O=C(Cn1cccc1C(=O)N1CCN(C(=O)c2ccc(F)cc2)CC1)NCCc1ccccc1. The molecule has 3 amide bonds. The molecule has 1 aromatic heterocycles. The molecule has 0 atom stereocenters. The highest BCUT2D eigenvalue weighted by molar-refractivity contribution is 5.95. The van der Waals surface area contributed by atoms with Crippen LogP contribution in [0.25, 0.3) is 0 Å². The summed E-state index contributed by atoms with van der Waals surface area (Å²) in [6.45, 7) is 2.15. The molecule has 176 valence electrons. The number of benzene rings is 2. The lowest BCUT2D eigenvalue weighted by molar-refractivity contribution is -0.121. The largest absolute Gasteiger partial charge is 0.354 e. The van der Waals surface area contributed by atoms with Crippen LogP contribution in [0.5, 0.6) is 0 Å². The molecule has 2 aromatic carbocycles. The lowest BCUT2D eigenvalue weighted by Crippen LogP contribution is -2.51. The van der Waals surface area contributed by atoms with E-state index in [1.807, 2.05) is 30.3 Å². The van der Waals surface area contributed by atoms with Crippen molar-refractivity contribution in [3.05, 3.63) is 95.6 Å². The number of aromatic nitrogens is 1. The van der Waals surface area contributed by atoms with E-state index < -0.39 is 0 Å². The first-order valence-corrected chi connectivity index (χ1v) is 11.3. The van der Waals surface area contributed by atoms with Crippen molar-refractivity contribution in [2.24, 2.45) is 0 Å². The molecule has 0 unspecified atom stereocenters. The maximum atomic E-state index is 13.1. The van der Waals surface area contributed by atoms with Crippen molar-refractivity contribution in [2.75, 3.05) is 32.7 Å². The van der Waals surface area contributed by atoms with Gasteiger partial charge in [-0.15, -0.1) is 0 Å². The van der Waals surface area contributed by atoms with Gasteiger partial charge >= 0.3 is 0 Å². The Kier molecular flexibility index (Phi) is 7.37. The van der Waals surface area contributed by atoms with Gasteiger partial charge in [0.2, 0.25) is 5.91 Å². The van der Waals surface area contributed by atoms with Crippen LogP contribution in [0.4, 0.5) is 4.39 Å². The standard InChI is InChI=1S/C26H27FN4O3/c27-22-10-8-21(9-11-22)25(33)29-15-17-30(18-16-29)26(34)23-7-4-14-31(23)19-24(32)28-13-12-20-5-2-1-3-6-20/h1-11,14H,12-13,15-19H2,(H,28,32). The molecule has 4 rings (SSSR count). The van der Waals surface area contributed by atoms with E-state index in [0.717, 1.165) is 12.0 Å². The fourth-order valence-corrected chi connectivity index (χ4v) is 4.00. The molecule has 8 heteroatoms. The minimum absolute atomic E-state index is 0.0614. The van der Waals surface area contributed by atoms with Crippen LogP contribution in [0.2, 0.25) is 0 Å². The molecule has 1 aliphatic rings. The molecule has 0 radical (unpaired) electrons. The first kappa shape index (κ1) is 23.2. The van der Waals surface area contributed by atoms with Crippen LogP contribution < -0.4 is 5.32 Å². The minimum Gasteiger partial charge on any atom is -0.354 e. The van der Waals surface area contributed by atoms with Gasteiger partial charge in [0, 0.05) is 44.5 Å². The number of piperazine rings is 1. The fraction of sp³-hybridized carbons (Fsp3) is 0.269. The molecule has 34 heavy (non-hydrogen) atoms. The Balaban J connectivity index is 1.28. The topological polar surface area (TPSA) is 74.7 Å². The number of carbonyl (C=O) groups is 3. The Hall–Kier alpha value is -3.94. The van der Waals surface area contributed by atoms with E-state index in [4.69, 9.17) is 0 Å². The number of hydrogen-bond acceptors (Lipinski definition) is 3. The number of nitrogens with zero attached hydrogens (tertiary/aromatic N) is 3. The third-order valence-corrected chi connectivity index (χ3v) is 5.89. The van der Waals surface area contributed by atoms with Crippen LogP contribution in [0.3, 0.4) is 0 Å². The molecular formula is C26H27FN4O3. The summed E-state index contributed by atoms with van der Waals surface area (Å²) in [6, 6.07) is 18.8. The monoisotopic (exact) mass is 462 g/mol. The van der Waals surface area contributed by atoms with Crippen LogP contribution in [-0.2, 0) is 17.8 Å². The Bertz CT molecular complexity index is 1140. The first-order chi connectivity index (χ1) is 16.5. The number of carbonyl (C=O) groups excluding carboxylic acids is 3. The highest BCUT2D eigenvalue weighted by atomic mass is 19.1. The summed E-state index contributed by atoms with van der Waals surface area (Å²) in [6.07, 6.45) is 2.46. The number of hydrogen-bond donors (Lipinski definition) is 1. The van der Waals surface area contributed by atoms with E-state index in [-0.39, 0.29) is 30.1 Å². The van der Waals surface area contributed by atoms with Crippen LogP contribution >= 0.6 is 0 Å². The van der Waals surface area contributed by atoms with Gasteiger partial charge < -0.3 is 19.7 Å². The number of amides is 3. The van der Waals surface area contributed by atoms with Crippen molar-refractivity contribution in [2.45, 2.75) is 13.0 Å². The van der Waals surface area contributed by atoms with Gasteiger partial charge in [-0.1, -0.05) is 30.3 Å². The zero-order valence-corrected chi connectivity index (χ0v) is 18.8. The lowest BCUT2D eigenvalue weighted by atomic mass is 10.1. The predicted octanol–water partition coefficient (Wildman–Crippen LogP) is 2.58. The Labute approximate surface area is 197 Å². The predicted molar refractivity (Wildman–Crippen MR) is 126 cm³/mol. The van der Waals surface area contributed by atoms with E-state index in [0.29, 0.717) is 44.0 Å². The molecule has 0 bridgehead atoms. The van der Waals surface area contributed by atoms with E-state index in [9.17, 15) is 18.8 Å². The molecule has 0 spiro atoms. The Morgan fingerprint density at radius 3 is 2.12 bits per heavy atom. The molecule has 0 aliphatic carbocycles. The van der Waals surface area contributed by atoms with E-state index in [2.05, 4.69) is 5.32 Å². The molecule has 2 heterocycles. The van der Waals surface area contributed by atoms with Gasteiger partial charge in [-0.05, 0) is 48.4 Å². The third-order valence-electron chi connectivity index (χ3n) is 5.89. The molecule has 3 aromatic rings. The summed E-state index contributed by atoms with van der Waals surface area (Å²) < 4.78 is 14.8. The lowest BCUT2D eigenvalue weighted by Gasteiger charge is -2.35. The van der Waals surface area contributed by atoms with E-state index in [1.165, 1.54) is 24.3 Å². The van der Waals surface area contributed by atoms with Gasteiger partial charge in [0.15, 0.2) is 0 Å².